The lowest BCUT2D eigenvalue weighted by molar-refractivity contribution is -0.119. The van der Waals surface area contributed by atoms with Crippen molar-refractivity contribution in [2.75, 3.05) is 18.7 Å². The van der Waals surface area contributed by atoms with Crippen LogP contribution < -0.4 is 15.9 Å². The Labute approximate surface area is 157 Å². The molecule has 3 N–H and O–H groups in total. The number of nitrogens with two attached hydrogens (primary N) is 1. The number of hydrogen-bond acceptors (Lipinski definition) is 6. The minimum absolute atomic E-state index is 0.0164. The minimum atomic E-state index is 0.0164. The highest BCUT2D eigenvalue weighted by atomic mass is 32.2. The topological polar surface area (TPSA) is 95.1 Å². The van der Waals surface area contributed by atoms with E-state index in [9.17, 15) is 4.79 Å². The number of carbonyl (C=O) groups excluding carboxylic acids is 1. The van der Waals surface area contributed by atoms with Crippen LogP contribution in [0, 0.1) is 5.92 Å². The molecule has 0 aliphatic heterocycles. The summed E-state index contributed by atoms with van der Waals surface area (Å²) < 4.78 is 6.57. The zero-order chi connectivity index (χ0) is 18.5. The fourth-order valence-electron chi connectivity index (χ4n) is 3.22. The molecular weight excluding hydrogens is 350 g/mol. The van der Waals surface area contributed by atoms with Gasteiger partial charge in [-0.25, -0.2) is 4.68 Å². The van der Waals surface area contributed by atoms with Crippen molar-refractivity contribution in [2.24, 2.45) is 5.92 Å². The van der Waals surface area contributed by atoms with Crippen LogP contribution in [0.3, 0.4) is 0 Å². The van der Waals surface area contributed by atoms with Gasteiger partial charge in [-0.1, -0.05) is 31.5 Å². The summed E-state index contributed by atoms with van der Waals surface area (Å²) in [5.41, 5.74) is 0.841. The van der Waals surface area contributed by atoms with Crippen LogP contribution in [0.5, 0.6) is 5.75 Å². The molecule has 26 heavy (non-hydrogen) atoms. The van der Waals surface area contributed by atoms with Gasteiger partial charge in [0, 0.05) is 11.6 Å². The van der Waals surface area contributed by atoms with Crippen molar-refractivity contribution in [3.05, 3.63) is 24.3 Å². The van der Waals surface area contributed by atoms with Gasteiger partial charge in [-0.05, 0) is 43.0 Å². The molecule has 1 aliphatic rings. The van der Waals surface area contributed by atoms with Crippen LogP contribution >= 0.6 is 11.8 Å². The number of amides is 1. The largest absolute Gasteiger partial charge is 0.497 e. The lowest BCUT2D eigenvalue weighted by Gasteiger charge is -2.29. The number of hydrogen-bond donors (Lipinski definition) is 2. The highest BCUT2D eigenvalue weighted by molar-refractivity contribution is 7.99. The fourth-order valence-corrected chi connectivity index (χ4v) is 3.89. The second kappa shape index (κ2) is 8.44. The van der Waals surface area contributed by atoms with E-state index in [0.29, 0.717) is 16.9 Å². The Kier molecular flexibility index (Phi) is 6.03. The number of nitrogens with zero attached hydrogens (tertiary/aromatic N) is 3. The molecule has 1 aliphatic carbocycles. The average Bonchev–Trinajstić information content (AvgIpc) is 3.02. The minimum Gasteiger partial charge on any atom is -0.497 e. The van der Waals surface area contributed by atoms with E-state index in [1.54, 1.807) is 7.11 Å². The van der Waals surface area contributed by atoms with Gasteiger partial charge in [-0.15, -0.1) is 10.2 Å². The first-order valence-electron chi connectivity index (χ1n) is 8.85. The van der Waals surface area contributed by atoms with Gasteiger partial charge >= 0.3 is 0 Å². The Hall–Kier alpha value is -2.22. The molecule has 1 aromatic heterocycles. The molecule has 1 saturated carbocycles. The van der Waals surface area contributed by atoms with Gasteiger partial charge in [0.1, 0.15) is 5.75 Å². The van der Waals surface area contributed by atoms with Crippen molar-refractivity contribution in [3.8, 4) is 17.1 Å². The van der Waals surface area contributed by atoms with Gasteiger partial charge in [-0.2, -0.15) is 0 Å². The van der Waals surface area contributed by atoms with Crippen LogP contribution in [-0.4, -0.2) is 39.7 Å². The van der Waals surface area contributed by atoms with Crippen LogP contribution in [0.4, 0.5) is 0 Å². The summed E-state index contributed by atoms with van der Waals surface area (Å²) in [6, 6.07) is 7.71. The number of nitrogens with one attached hydrogen (secondary N) is 1. The Bertz CT molecular complexity index is 747. The van der Waals surface area contributed by atoms with E-state index >= 15 is 0 Å². The maximum Gasteiger partial charge on any atom is 0.230 e. The van der Waals surface area contributed by atoms with Crippen molar-refractivity contribution in [2.45, 2.75) is 43.8 Å². The predicted octanol–water partition coefficient (Wildman–Crippen LogP) is 2.45. The smallest absolute Gasteiger partial charge is 0.230 e. The van der Waals surface area contributed by atoms with Gasteiger partial charge in [-0.3, -0.25) is 4.79 Å². The molecule has 7 nitrogen and oxygen atoms in total. The van der Waals surface area contributed by atoms with Gasteiger partial charge in [0.05, 0.1) is 12.9 Å². The molecule has 0 bridgehead atoms. The summed E-state index contributed by atoms with van der Waals surface area (Å²) in [5, 5.41) is 11.9. The number of thioether (sulfide) groups is 1. The number of carbonyl (C=O) groups is 1. The lowest BCUT2D eigenvalue weighted by Crippen LogP contribution is -2.41. The zero-order valence-corrected chi connectivity index (χ0v) is 16.0. The molecule has 140 valence electrons. The Balaban J connectivity index is 1.58. The summed E-state index contributed by atoms with van der Waals surface area (Å²) in [5.74, 6) is 8.26. The highest BCUT2D eigenvalue weighted by Gasteiger charge is 2.23. The van der Waals surface area contributed by atoms with Crippen molar-refractivity contribution in [1.29, 1.82) is 0 Å². The van der Waals surface area contributed by atoms with Gasteiger partial charge < -0.3 is 15.9 Å². The van der Waals surface area contributed by atoms with E-state index in [2.05, 4.69) is 22.4 Å². The quantitative estimate of drug-likeness (QED) is 0.595. The third-order valence-electron chi connectivity index (χ3n) is 4.80. The number of rotatable bonds is 6. The molecule has 0 unspecified atom stereocenters. The Morgan fingerprint density at radius 3 is 2.73 bits per heavy atom. The molecule has 1 heterocycles. The second-order valence-electron chi connectivity index (χ2n) is 6.63. The predicted molar refractivity (Wildman–Crippen MR) is 102 cm³/mol. The number of ether oxygens (including phenoxy) is 1. The molecule has 0 saturated heterocycles. The van der Waals surface area contributed by atoms with Crippen LogP contribution in [0.25, 0.3) is 11.4 Å². The van der Waals surface area contributed by atoms with E-state index in [0.717, 1.165) is 17.7 Å². The Morgan fingerprint density at radius 1 is 1.31 bits per heavy atom. The monoisotopic (exact) mass is 375 g/mol. The van der Waals surface area contributed by atoms with Crippen molar-refractivity contribution in [3.63, 3.8) is 0 Å². The highest BCUT2D eigenvalue weighted by Crippen LogP contribution is 2.25. The average molecular weight is 375 g/mol. The van der Waals surface area contributed by atoms with Gasteiger partial charge in [0.2, 0.25) is 11.1 Å². The number of methoxy groups -OCH3 is 1. The molecule has 1 fully saturated rings. The molecule has 1 aromatic carbocycles. The summed E-state index contributed by atoms with van der Waals surface area (Å²) in [7, 11) is 1.62. The maximum absolute atomic E-state index is 12.2. The first-order valence-corrected chi connectivity index (χ1v) is 9.84. The van der Waals surface area contributed by atoms with E-state index in [-0.39, 0.29) is 17.7 Å². The first-order chi connectivity index (χ1) is 12.6. The maximum atomic E-state index is 12.2. The van der Waals surface area contributed by atoms with E-state index < -0.39 is 0 Å². The lowest BCUT2D eigenvalue weighted by atomic mass is 9.86. The van der Waals surface area contributed by atoms with Crippen LogP contribution in [0.15, 0.2) is 29.4 Å². The van der Waals surface area contributed by atoms with Gasteiger partial charge in [0.25, 0.3) is 0 Å². The molecular formula is C18H25N5O2S. The summed E-state index contributed by atoms with van der Waals surface area (Å²) in [4.78, 5) is 12.2. The molecule has 1 amide bonds. The van der Waals surface area contributed by atoms with Crippen LogP contribution in [0.2, 0.25) is 0 Å². The summed E-state index contributed by atoms with van der Waals surface area (Å²) in [6.45, 7) is 2.20. The fraction of sp³-hybridized carbons (Fsp3) is 0.500. The third-order valence-corrected chi connectivity index (χ3v) is 5.75. The molecule has 0 spiro atoms. The van der Waals surface area contributed by atoms with E-state index in [1.807, 2.05) is 24.3 Å². The summed E-state index contributed by atoms with van der Waals surface area (Å²) >= 11 is 1.30. The number of benzene rings is 1. The van der Waals surface area contributed by atoms with Gasteiger partial charge in [0.15, 0.2) is 5.82 Å². The molecule has 3 rings (SSSR count). The zero-order valence-electron chi connectivity index (χ0n) is 15.1. The standard InChI is InChI=1S/C18H25N5O2S/c1-12-5-3-4-6-15(12)20-16(24)11-26-18-22-21-17(23(18)19)13-7-9-14(25-2)10-8-13/h7-10,12,15H,3-6,11,19H2,1-2H3,(H,20,24)/t12-,15-/m0/s1. The normalized spacial score (nSPS) is 19.9. The molecule has 2 atom stereocenters. The van der Waals surface area contributed by atoms with Crippen LogP contribution in [0.1, 0.15) is 32.6 Å². The molecule has 0 radical (unpaired) electrons. The molecule has 8 heteroatoms. The number of aromatic nitrogens is 3. The Morgan fingerprint density at radius 2 is 2.04 bits per heavy atom. The summed E-state index contributed by atoms with van der Waals surface area (Å²) in [6.07, 6.45) is 4.68. The second-order valence-corrected chi connectivity index (χ2v) is 7.57. The SMILES string of the molecule is COc1ccc(-c2nnc(SCC(=O)N[C@H]3CCCC[C@@H]3C)n2N)cc1. The number of nitrogen functional groups attached to an aromatic ring is 1. The van der Waals surface area contributed by atoms with Crippen molar-refractivity contribution in [1.82, 2.24) is 20.2 Å². The molecule has 2 aromatic rings. The van der Waals surface area contributed by atoms with Crippen LogP contribution in [-0.2, 0) is 4.79 Å². The van der Waals surface area contributed by atoms with Crippen molar-refractivity contribution >= 4 is 17.7 Å². The van der Waals surface area contributed by atoms with Crippen molar-refractivity contribution < 1.29 is 9.53 Å². The van der Waals surface area contributed by atoms with E-state index in [1.165, 1.54) is 35.7 Å². The first kappa shape index (κ1) is 18.6. The third kappa shape index (κ3) is 4.30. The van der Waals surface area contributed by atoms with E-state index in [4.69, 9.17) is 10.6 Å².